The van der Waals surface area contributed by atoms with E-state index in [0.717, 1.165) is 5.25 Å². The second-order valence-corrected chi connectivity index (χ2v) is 5.23. The number of nitrogens with one attached hydrogen (secondary N) is 1. The summed E-state index contributed by atoms with van der Waals surface area (Å²) in [5, 5.41) is 4.35. The highest BCUT2D eigenvalue weighted by atomic mass is 32.2. The van der Waals surface area contributed by atoms with E-state index >= 15 is 0 Å². The highest BCUT2D eigenvalue weighted by molar-refractivity contribution is 8.01. The van der Waals surface area contributed by atoms with E-state index in [1.54, 1.807) is 0 Å². The van der Waals surface area contributed by atoms with Crippen molar-refractivity contribution in [3.63, 3.8) is 0 Å². The van der Waals surface area contributed by atoms with Gasteiger partial charge in [-0.1, -0.05) is 20.3 Å². The first-order valence-electron chi connectivity index (χ1n) is 4.09. The third-order valence-electron chi connectivity index (χ3n) is 1.95. The molecule has 10 heavy (non-hydrogen) atoms. The van der Waals surface area contributed by atoms with Crippen molar-refractivity contribution in [1.29, 1.82) is 0 Å². The summed E-state index contributed by atoms with van der Waals surface area (Å²) in [4.78, 5) is 0.383. The Labute approximate surface area is 68.0 Å². The summed E-state index contributed by atoms with van der Waals surface area (Å²) < 4.78 is 0. The van der Waals surface area contributed by atoms with Crippen molar-refractivity contribution in [2.24, 2.45) is 0 Å². The molecular formula is C8H17NS. The van der Waals surface area contributed by atoms with Gasteiger partial charge in [0.1, 0.15) is 0 Å². The van der Waals surface area contributed by atoms with Crippen LogP contribution in [0.2, 0.25) is 0 Å². The fourth-order valence-electron chi connectivity index (χ4n) is 1.51. The number of hydrogen-bond acceptors (Lipinski definition) is 2. The quantitative estimate of drug-likeness (QED) is 0.663. The summed E-state index contributed by atoms with van der Waals surface area (Å²) in [5.74, 6) is 0. The first-order valence-corrected chi connectivity index (χ1v) is 4.97. The van der Waals surface area contributed by atoms with Gasteiger partial charge in [0.15, 0.2) is 0 Å². The molecule has 1 N–H and O–H groups in total. The lowest BCUT2D eigenvalue weighted by molar-refractivity contribution is 0.495. The molecule has 1 aliphatic rings. The Balaban J connectivity index is 2.38. The van der Waals surface area contributed by atoms with Gasteiger partial charge in [-0.25, -0.2) is 0 Å². The zero-order valence-electron chi connectivity index (χ0n) is 7.11. The van der Waals surface area contributed by atoms with Gasteiger partial charge < -0.3 is 5.32 Å². The van der Waals surface area contributed by atoms with Crippen LogP contribution in [-0.2, 0) is 0 Å². The SMILES string of the molecule is CCCC1(C)NCC(C)S1. The second-order valence-electron chi connectivity index (χ2n) is 3.29. The average molecular weight is 159 g/mol. The van der Waals surface area contributed by atoms with Crippen LogP contribution in [0.5, 0.6) is 0 Å². The molecule has 2 atom stereocenters. The van der Waals surface area contributed by atoms with E-state index in [0.29, 0.717) is 4.87 Å². The Morgan fingerprint density at radius 3 is 2.80 bits per heavy atom. The second kappa shape index (κ2) is 3.14. The van der Waals surface area contributed by atoms with Crippen LogP contribution in [-0.4, -0.2) is 16.7 Å². The molecule has 0 radical (unpaired) electrons. The molecule has 1 rings (SSSR count). The lowest BCUT2D eigenvalue weighted by Crippen LogP contribution is -2.33. The van der Waals surface area contributed by atoms with Crippen molar-refractivity contribution in [2.75, 3.05) is 6.54 Å². The van der Waals surface area contributed by atoms with Crippen LogP contribution in [0.3, 0.4) is 0 Å². The predicted octanol–water partition coefficient (Wildman–Crippen LogP) is 2.23. The van der Waals surface area contributed by atoms with Crippen molar-refractivity contribution in [2.45, 2.75) is 43.7 Å². The fraction of sp³-hybridized carbons (Fsp3) is 1.00. The van der Waals surface area contributed by atoms with E-state index in [-0.39, 0.29) is 0 Å². The highest BCUT2D eigenvalue weighted by Crippen LogP contribution is 2.35. The van der Waals surface area contributed by atoms with Gasteiger partial charge >= 0.3 is 0 Å². The smallest absolute Gasteiger partial charge is 0.0620 e. The molecule has 0 amide bonds. The van der Waals surface area contributed by atoms with Crippen molar-refractivity contribution in [3.8, 4) is 0 Å². The van der Waals surface area contributed by atoms with Gasteiger partial charge in [-0.15, -0.1) is 11.8 Å². The van der Waals surface area contributed by atoms with Crippen LogP contribution in [0.4, 0.5) is 0 Å². The van der Waals surface area contributed by atoms with Crippen LogP contribution in [0, 0.1) is 0 Å². The molecule has 1 aliphatic heterocycles. The third kappa shape index (κ3) is 1.89. The van der Waals surface area contributed by atoms with Gasteiger partial charge in [-0.05, 0) is 13.3 Å². The summed E-state index contributed by atoms with van der Waals surface area (Å²) >= 11 is 2.08. The maximum absolute atomic E-state index is 3.55. The van der Waals surface area contributed by atoms with E-state index in [9.17, 15) is 0 Å². The molecule has 0 bridgehead atoms. The molecule has 1 saturated heterocycles. The minimum atomic E-state index is 0.383. The Morgan fingerprint density at radius 1 is 1.70 bits per heavy atom. The van der Waals surface area contributed by atoms with E-state index in [2.05, 4.69) is 37.8 Å². The van der Waals surface area contributed by atoms with Gasteiger partial charge in [-0.2, -0.15) is 0 Å². The lowest BCUT2D eigenvalue weighted by atomic mass is 10.2. The molecule has 0 saturated carbocycles. The molecule has 1 nitrogen and oxygen atoms in total. The molecule has 0 aliphatic carbocycles. The molecular weight excluding hydrogens is 142 g/mol. The Bertz CT molecular complexity index is 112. The molecule has 1 heterocycles. The Hall–Kier alpha value is 0.310. The van der Waals surface area contributed by atoms with E-state index < -0.39 is 0 Å². The summed E-state index contributed by atoms with van der Waals surface area (Å²) in [6, 6.07) is 0. The normalized spacial score (nSPS) is 40.5. The van der Waals surface area contributed by atoms with Crippen molar-refractivity contribution in [3.05, 3.63) is 0 Å². The average Bonchev–Trinajstić information content (AvgIpc) is 2.12. The van der Waals surface area contributed by atoms with E-state index in [1.165, 1.54) is 19.4 Å². The molecule has 2 heteroatoms. The van der Waals surface area contributed by atoms with Crippen LogP contribution < -0.4 is 5.32 Å². The summed E-state index contributed by atoms with van der Waals surface area (Å²) in [6.45, 7) is 8.03. The van der Waals surface area contributed by atoms with Crippen molar-refractivity contribution < 1.29 is 0 Å². The summed E-state index contributed by atoms with van der Waals surface area (Å²) in [5.41, 5.74) is 0. The van der Waals surface area contributed by atoms with Crippen molar-refractivity contribution >= 4 is 11.8 Å². The third-order valence-corrected chi connectivity index (χ3v) is 3.39. The molecule has 60 valence electrons. The molecule has 0 aromatic heterocycles. The molecule has 0 aromatic carbocycles. The Morgan fingerprint density at radius 2 is 2.40 bits per heavy atom. The monoisotopic (exact) mass is 159 g/mol. The molecule has 0 spiro atoms. The van der Waals surface area contributed by atoms with Crippen LogP contribution in [0.1, 0.15) is 33.6 Å². The fourth-order valence-corrected chi connectivity index (χ4v) is 3.05. The van der Waals surface area contributed by atoms with Gasteiger partial charge in [0, 0.05) is 11.8 Å². The topological polar surface area (TPSA) is 12.0 Å². The minimum Gasteiger partial charge on any atom is -0.302 e. The Kier molecular flexibility index (Phi) is 2.64. The standard InChI is InChI=1S/C8H17NS/c1-4-5-8(3)9-6-7(2)10-8/h7,9H,4-6H2,1-3H3. The molecule has 0 aromatic rings. The van der Waals surface area contributed by atoms with Crippen LogP contribution in [0.25, 0.3) is 0 Å². The zero-order chi connectivity index (χ0) is 7.61. The van der Waals surface area contributed by atoms with Gasteiger partial charge in [0.05, 0.1) is 4.87 Å². The van der Waals surface area contributed by atoms with Crippen LogP contribution >= 0.6 is 11.8 Å². The predicted molar refractivity (Wildman–Crippen MR) is 48.4 cm³/mol. The minimum absolute atomic E-state index is 0.383. The largest absolute Gasteiger partial charge is 0.302 e. The van der Waals surface area contributed by atoms with E-state index in [4.69, 9.17) is 0 Å². The lowest BCUT2D eigenvalue weighted by Gasteiger charge is -2.22. The highest BCUT2D eigenvalue weighted by Gasteiger charge is 2.31. The van der Waals surface area contributed by atoms with Gasteiger partial charge in [0.25, 0.3) is 0 Å². The molecule has 2 unspecified atom stereocenters. The number of rotatable bonds is 2. The molecule has 1 fully saturated rings. The van der Waals surface area contributed by atoms with Crippen LogP contribution in [0.15, 0.2) is 0 Å². The van der Waals surface area contributed by atoms with Gasteiger partial charge in [-0.3, -0.25) is 0 Å². The zero-order valence-corrected chi connectivity index (χ0v) is 7.92. The first-order chi connectivity index (χ1) is 4.66. The number of thioether (sulfide) groups is 1. The van der Waals surface area contributed by atoms with Crippen molar-refractivity contribution in [1.82, 2.24) is 5.32 Å². The first kappa shape index (κ1) is 8.41. The van der Waals surface area contributed by atoms with Gasteiger partial charge in [0.2, 0.25) is 0 Å². The number of hydrogen-bond donors (Lipinski definition) is 1. The maximum atomic E-state index is 3.55. The summed E-state index contributed by atoms with van der Waals surface area (Å²) in [6.07, 6.45) is 2.57. The van der Waals surface area contributed by atoms with E-state index in [1.807, 2.05) is 0 Å². The summed E-state index contributed by atoms with van der Waals surface area (Å²) in [7, 11) is 0. The maximum Gasteiger partial charge on any atom is 0.0620 e.